The molecule has 2 aromatic rings. The van der Waals surface area contributed by atoms with Crippen LogP contribution in [0.4, 0.5) is 0 Å². The molecule has 1 aliphatic rings. The van der Waals surface area contributed by atoms with Gasteiger partial charge in [0.1, 0.15) is 11.5 Å². The second kappa shape index (κ2) is 7.08. The average molecular weight is 346 g/mol. The summed E-state index contributed by atoms with van der Waals surface area (Å²) in [6.07, 6.45) is 2.29. The Morgan fingerprint density at radius 2 is 1.80 bits per heavy atom. The Balaban J connectivity index is 1.62. The third-order valence-corrected chi connectivity index (χ3v) is 4.59. The molecule has 3 heterocycles. The maximum absolute atomic E-state index is 12.6. The minimum absolute atomic E-state index is 0.0290. The van der Waals surface area contributed by atoms with Crippen LogP contribution in [0, 0.1) is 20.8 Å². The smallest absolute Gasteiger partial charge is 0.276 e. The molecule has 0 unspecified atom stereocenters. The number of carbonyl (C=O) groups excluding carboxylic acids is 2. The van der Waals surface area contributed by atoms with Crippen LogP contribution in [0.25, 0.3) is 0 Å². The first-order valence-corrected chi connectivity index (χ1v) is 8.36. The van der Waals surface area contributed by atoms with E-state index in [1.54, 1.807) is 16.7 Å². The van der Waals surface area contributed by atoms with Gasteiger partial charge in [0, 0.05) is 31.7 Å². The lowest BCUT2D eigenvalue weighted by Gasteiger charge is -2.21. The maximum atomic E-state index is 12.6. The topological polar surface area (TPSA) is 92.7 Å². The number of aryl methyl sites for hydroxylation is 3. The number of carbonyl (C=O) groups is 2. The van der Waals surface area contributed by atoms with E-state index in [2.05, 4.69) is 10.1 Å². The van der Waals surface area contributed by atoms with Crippen LogP contribution in [0.3, 0.4) is 0 Å². The fraction of sp³-hybridized carbons (Fsp3) is 0.529. The van der Waals surface area contributed by atoms with Crippen LogP contribution in [0.1, 0.15) is 39.7 Å². The summed E-state index contributed by atoms with van der Waals surface area (Å²) in [7, 11) is 0. The van der Waals surface area contributed by atoms with Crippen molar-refractivity contribution in [3.63, 3.8) is 0 Å². The van der Waals surface area contributed by atoms with Gasteiger partial charge in [-0.25, -0.2) is 4.98 Å². The highest BCUT2D eigenvalue weighted by Gasteiger charge is 2.26. The molecule has 0 bridgehead atoms. The quantitative estimate of drug-likeness (QED) is 0.836. The van der Waals surface area contributed by atoms with Crippen LogP contribution in [0.5, 0.6) is 0 Å². The van der Waals surface area contributed by atoms with E-state index in [0.29, 0.717) is 43.4 Å². The fourth-order valence-corrected chi connectivity index (χ4v) is 3.05. The Morgan fingerprint density at radius 1 is 1.08 bits per heavy atom. The summed E-state index contributed by atoms with van der Waals surface area (Å²) in [6, 6.07) is 0. The van der Waals surface area contributed by atoms with Crippen LogP contribution >= 0.6 is 0 Å². The first-order chi connectivity index (χ1) is 12.0. The zero-order valence-electron chi connectivity index (χ0n) is 14.7. The zero-order valence-corrected chi connectivity index (χ0v) is 14.7. The molecule has 0 saturated carbocycles. The van der Waals surface area contributed by atoms with Crippen molar-refractivity contribution in [2.75, 3.05) is 26.2 Å². The van der Waals surface area contributed by atoms with Crippen molar-refractivity contribution in [2.24, 2.45) is 0 Å². The van der Waals surface area contributed by atoms with E-state index in [4.69, 9.17) is 8.94 Å². The van der Waals surface area contributed by atoms with Crippen molar-refractivity contribution in [1.82, 2.24) is 19.9 Å². The standard InChI is InChI=1S/C17H22N4O4/c1-11-14(12(2)25-19-11)9-15(22)20-5-4-6-21(8-7-20)17(23)16-13(3)24-10-18-16/h10H,4-9H2,1-3H3. The molecule has 0 aliphatic carbocycles. The second-order valence-corrected chi connectivity index (χ2v) is 6.26. The molecule has 0 radical (unpaired) electrons. The van der Waals surface area contributed by atoms with E-state index >= 15 is 0 Å². The number of aromatic nitrogens is 2. The highest BCUT2D eigenvalue weighted by Crippen LogP contribution is 2.16. The lowest BCUT2D eigenvalue weighted by Crippen LogP contribution is -2.38. The molecular formula is C17H22N4O4. The molecule has 25 heavy (non-hydrogen) atoms. The number of oxazole rings is 1. The molecule has 8 nitrogen and oxygen atoms in total. The van der Waals surface area contributed by atoms with Crippen LogP contribution < -0.4 is 0 Å². The average Bonchev–Trinajstić information content (AvgIpc) is 3.04. The Bertz CT molecular complexity index is 760. The van der Waals surface area contributed by atoms with Gasteiger partial charge in [-0.1, -0.05) is 5.16 Å². The molecule has 1 saturated heterocycles. The SMILES string of the molecule is Cc1noc(C)c1CC(=O)N1CCCN(C(=O)c2ncoc2C)CC1. The van der Waals surface area contributed by atoms with Gasteiger partial charge < -0.3 is 18.7 Å². The summed E-state index contributed by atoms with van der Waals surface area (Å²) in [5, 5.41) is 3.89. The lowest BCUT2D eigenvalue weighted by molar-refractivity contribution is -0.130. The predicted molar refractivity (Wildman–Crippen MR) is 88.0 cm³/mol. The van der Waals surface area contributed by atoms with Crippen LogP contribution in [-0.2, 0) is 11.2 Å². The Hall–Kier alpha value is -2.64. The number of amides is 2. The minimum atomic E-state index is -0.147. The molecule has 0 N–H and O–H groups in total. The van der Waals surface area contributed by atoms with Gasteiger partial charge in [0.05, 0.1) is 12.1 Å². The summed E-state index contributed by atoms with van der Waals surface area (Å²) in [5.74, 6) is 1.08. The van der Waals surface area contributed by atoms with Gasteiger partial charge in [-0.2, -0.15) is 0 Å². The molecule has 2 amide bonds. The summed E-state index contributed by atoms with van der Waals surface area (Å²) in [6.45, 7) is 7.58. The molecule has 0 aromatic carbocycles. The fourth-order valence-electron chi connectivity index (χ4n) is 3.05. The van der Waals surface area contributed by atoms with Crippen molar-refractivity contribution in [1.29, 1.82) is 0 Å². The minimum Gasteiger partial charge on any atom is -0.448 e. The molecule has 1 aliphatic heterocycles. The lowest BCUT2D eigenvalue weighted by atomic mass is 10.1. The van der Waals surface area contributed by atoms with E-state index in [9.17, 15) is 9.59 Å². The van der Waals surface area contributed by atoms with E-state index < -0.39 is 0 Å². The third kappa shape index (κ3) is 3.57. The van der Waals surface area contributed by atoms with Crippen LogP contribution in [0.15, 0.2) is 15.3 Å². The van der Waals surface area contributed by atoms with Crippen molar-refractivity contribution < 1.29 is 18.5 Å². The van der Waals surface area contributed by atoms with Gasteiger partial charge in [0.15, 0.2) is 12.1 Å². The Morgan fingerprint density at radius 3 is 2.44 bits per heavy atom. The molecule has 3 rings (SSSR count). The van der Waals surface area contributed by atoms with Crippen LogP contribution in [-0.4, -0.2) is 57.9 Å². The van der Waals surface area contributed by atoms with Gasteiger partial charge in [-0.3, -0.25) is 9.59 Å². The largest absolute Gasteiger partial charge is 0.448 e. The summed E-state index contributed by atoms with van der Waals surface area (Å²) < 4.78 is 10.2. The maximum Gasteiger partial charge on any atom is 0.276 e. The molecule has 1 fully saturated rings. The monoisotopic (exact) mass is 346 g/mol. The second-order valence-electron chi connectivity index (χ2n) is 6.26. The van der Waals surface area contributed by atoms with E-state index in [-0.39, 0.29) is 18.2 Å². The molecule has 2 aromatic heterocycles. The van der Waals surface area contributed by atoms with Gasteiger partial charge in [-0.05, 0) is 27.2 Å². The summed E-state index contributed by atoms with van der Waals surface area (Å²) in [4.78, 5) is 32.7. The molecule has 0 spiro atoms. The summed E-state index contributed by atoms with van der Waals surface area (Å²) >= 11 is 0. The zero-order chi connectivity index (χ0) is 18.0. The van der Waals surface area contributed by atoms with Gasteiger partial charge in [-0.15, -0.1) is 0 Å². The van der Waals surface area contributed by atoms with Crippen molar-refractivity contribution in [3.8, 4) is 0 Å². The third-order valence-electron chi connectivity index (χ3n) is 4.59. The molecule has 0 atom stereocenters. The molecule has 134 valence electrons. The van der Waals surface area contributed by atoms with Gasteiger partial charge in [0.2, 0.25) is 5.91 Å². The Kier molecular flexibility index (Phi) is 4.87. The van der Waals surface area contributed by atoms with E-state index in [0.717, 1.165) is 17.7 Å². The van der Waals surface area contributed by atoms with Crippen LogP contribution in [0.2, 0.25) is 0 Å². The Labute approximate surface area is 145 Å². The van der Waals surface area contributed by atoms with E-state index in [1.165, 1.54) is 6.39 Å². The van der Waals surface area contributed by atoms with Gasteiger partial charge in [0.25, 0.3) is 5.91 Å². The van der Waals surface area contributed by atoms with Gasteiger partial charge >= 0.3 is 0 Å². The van der Waals surface area contributed by atoms with Crippen molar-refractivity contribution in [3.05, 3.63) is 34.9 Å². The number of hydrogen-bond acceptors (Lipinski definition) is 6. The molecular weight excluding hydrogens is 324 g/mol. The first kappa shape index (κ1) is 17.2. The number of rotatable bonds is 3. The number of hydrogen-bond donors (Lipinski definition) is 0. The molecule has 8 heteroatoms. The predicted octanol–water partition coefficient (Wildman–Crippen LogP) is 1.51. The highest BCUT2D eigenvalue weighted by molar-refractivity contribution is 5.93. The number of nitrogens with zero attached hydrogens (tertiary/aromatic N) is 4. The van der Waals surface area contributed by atoms with Crippen molar-refractivity contribution >= 4 is 11.8 Å². The highest BCUT2D eigenvalue weighted by atomic mass is 16.5. The van der Waals surface area contributed by atoms with Crippen molar-refractivity contribution in [2.45, 2.75) is 33.6 Å². The van der Waals surface area contributed by atoms with E-state index in [1.807, 2.05) is 13.8 Å². The normalized spacial score (nSPS) is 15.3. The first-order valence-electron chi connectivity index (χ1n) is 8.36. The summed E-state index contributed by atoms with van der Waals surface area (Å²) in [5.41, 5.74) is 1.94.